The molecular formula is C23H21BrClN3O4S. The molecule has 0 aliphatic carbocycles. The molecule has 10 heteroatoms. The second-order valence-electron chi connectivity index (χ2n) is 7.15. The number of aromatic hydroxyl groups is 1. The summed E-state index contributed by atoms with van der Waals surface area (Å²) in [7, 11) is -4.00. The number of carbonyl (C=O) groups is 1. The van der Waals surface area contributed by atoms with Crippen molar-refractivity contribution in [2.45, 2.75) is 18.4 Å². The minimum atomic E-state index is -4.00. The summed E-state index contributed by atoms with van der Waals surface area (Å²) in [5.74, 6) is -0.644. The molecule has 0 spiro atoms. The number of nitrogens with one attached hydrogen (secondary N) is 1. The molecule has 7 nitrogen and oxygen atoms in total. The van der Waals surface area contributed by atoms with Crippen LogP contribution in [0, 0.1) is 6.92 Å². The van der Waals surface area contributed by atoms with E-state index in [1.54, 1.807) is 12.1 Å². The molecule has 1 amide bonds. The van der Waals surface area contributed by atoms with E-state index < -0.39 is 22.5 Å². The van der Waals surface area contributed by atoms with E-state index in [2.05, 4.69) is 26.5 Å². The number of nitrogens with zero attached hydrogens (tertiary/aromatic N) is 2. The SMILES string of the molecule is Cc1ccccc1CN(CC(=O)N/N=C\c1cc(Br)ccc1O)S(=O)(=O)c1ccc(Cl)cc1. The van der Waals surface area contributed by atoms with Crippen LogP contribution in [0.2, 0.25) is 5.02 Å². The van der Waals surface area contributed by atoms with Crippen LogP contribution in [0.5, 0.6) is 5.75 Å². The van der Waals surface area contributed by atoms with Crippen LogP contribution in [0.1, 0.15) is 16.7 Å². The van der Waals surface area contributed by atoms with Crippen LogP contribution < -0.4 is 5.43 Å². The summed E-state index contributed by atoms with van der Waals surface area (Å²) in [4.78, 5) is 12.6. The van der Waals surface area contributed by atoms with Gasteiger partial charge in [-0.05, 0) is 60.5 Å². The van der Waals surface area contributed by atoms with E-state index in [4.69, 9.17) is 11.6 Å². The zero-order valence-electron chi connectivity index (χ0n) is 17.6. The lowest BCUT2D eigenvalue weighted by Gasteiger charge is -2.22. The summed E-state index contributed by atoms with van der Waals surface area (Å²) in [5.41, 5.74) is 4.37. The monoisotopic (exact) mass is 549 g/mol. The number of hydrazone groups is 1. The molecular weight excluding hydrogens is 530 g/mol. The number of hydrogen-bond donors (Lipinski definition) is 2. The molecule has 33 heavy (non-hydrogen) atoms. The summed E-state index contributed by atoms with van der Waals surface area (Å²) in [6.07, 6.45) is 1.28. The second-order valence-corrected chi connectivity index (χ2v) is 10.4. The van der Waals surface area contributed by atoms with Gasteiger partial charge in [-0.15, -0.1) is 0 Å². The van der Waals surface area contributed by atoms with Crippen LogP contribution in [0.4, 0.5) is 0 Å². The van der Waals surface area contributed by atoms with Crippen molar-refractivity contribution in [1.82, 2.24) is 9.73 Å². The van der Waals surface area contributed by atoms with Crippen molar-refractivity contribution in [3.8, 4) is 5.75 Å². The average molecular weight is 551 g/mol. The summed E-state index contributed by atoms with van der Waals surface area (Å²) >= 11 is 9.19. The average Bonchev–Trinajstić information content (AvgIpc) is 2.77. The zero-order chi connectivity index (χ0) is 24.0. The first-order valence-electron chi connectivity index (χ1n) is 9.77. The number of phenolic OH excluding ortho intramolecular Hbond substituents is 1. The summed E-state index contributed by atoms with van der Waals surface area (Å²) in [5, 5.41) is 14.1. The summed E-state index contributed by atoms with van der Waals surface area (Å²) in [6, 6.07) is 17.9. The summed E-state index contributed by atoms with van der Waals surface area (Å²) in [6.45, 7) is 1.42. The maximum absolute atomic E-state index is 13.3. The van der Waals surface area contributed by atoms with E-state index in [1.165, 1.54) is 36.5 Å². The van der Waals surface area contributed by atoms with Gasteiger partial charge < -0.3 is 5.11 Å². The quantitative estimate of drug-likeness (QED) is 0.320. The molecule has 0 bridgehead atoms. The Morgan fingerprint density at radius 1 is 1.15 bits per heavy atom. The topological polar surface area (TPSA) is 99.1 Å². The normalized spacial score (nSPS) is 11.8. The smallest absolute Gasteiger partial charge is 0.255 e. The van der Waals surface area contributed by atoms with E-state index in [0.717, 1.165) is 19.9 Å². The molecule has 0 aliphatic heterocycles. The zero-order valence-corrected chi connectivity index (χ0v) is 20.7. The molecule has 0 heterocycles. The van der Waals surface area contributed by atoms with Crippen molar-refractivity contribution in [3.63, 3.8) is 0 Å². The van der Waals surface area contributed by atoms with E-state index >= 15 is 0 Å². The number of carbonyl (C=O) groups excluding carboxylic acids is 1. The fourth-order valence-corrected chi connectivity index (χ4v) is 4.84. The second kappa shape index (κ2) is 10.9. The lowest BCUT2D eigenvalue weighted by atomic mass is 10.1. The third-order valence-corrected chi connectivity index (χ3v) is 7.31. The van der Waals surface area contributed by atoms with Crippen molar-refractivity contribution in [1.29, 1.82) is 0 Å². The van der Waals surface area contributed by atoms with Gasteiger partial charge in [-0.25, -0.2) is 13.8 Å². The Morgan fingerprint density at radius 3 is 2.55 bits per heavy atom. The fourth-order valence-electron chi connectivity index (χ4n) is 2.96. The van der Waals surface area contributed by atoms with Gasteiger partial charge in [-0.3, -0.25) is 4.79 Å². The molecule has 3 aromatic carbocycles. The number of rotatable bonds is 8. The molecule has 0 saturated carbocycles. The number of hydrogen-bond acceptors (Lipinski definition) is 5. The van der Waals surface area contributed by atoms with Crippen LogP contribution >= 0.6 is 27.5 Å². The van der Waals surface area contributed by atoms with Gasteiger partial charge in [-0.1, -0.05) is 51.8 Å². The Morgan fingerprint density at radius 2 is 1.85 bits per heavy atom. The number of benzene rings is 3. The van der Waals surface area contributed by atoms with Gasteiger partial charge in [0.15, 0.2) is 0 Å². The third-order valence-electron chi connectivity index (χ3n) is 4.76. The number of phenols is 1. The first-order valence-corrected chi connectivity index (χ1v) is 12.4. The minimum Gasteiger partial charge on any atom is -0.507 e. The largest absolute Gasteiger partial charge is 0.507 e. The van der Waals surface area contributed by atoms with Gasteiger partial charge in [0.2, 0.25) is 10.0 Å². The van der Waals surface area contributed by atoms with E-state index in [9.17, 15) is 18.3 Å². The Labute approximate surface area is 205 Å². The maximum atomic E-state index is 13.3. The molecule has 0 atom stereocenters. The van der Waals surface area contributed by atoms with Crippen molar-refractivity contribution in [2.24, 2.45) is 5.10 Å². The van der Waals surface area contributed by atoms with E-state index in [-0.39, 0.29) is 17.2 Å². The third kappa shape index (κ3) is 6.64. The van der Waals surface area contributed by atoms with Crippen molar-refractivity contribution < 1.29 is 18.3 Å². The van der Waals surface area contributed by atoms with Crippen LogP contribution in [-0.4, -0.2) is 36.5 Å². The van der Waals surface area contributed by atoms with Crippen molar-refractivity contribution in [2.75, 3.05) is 6.54 Å². The predicted molar refractivity (Wildman–Crippen MR) is 132 cm³/mol. The molecule has 2 N–H and O–H groups in total. The molecule has 3 rings (SSSR count). The molecule has 3 aromatic rings. The standard InChI is InChI=1S/C23H21BrClN3O4S/c1-16-4-2-3-5-17(16)14-28(33(31,32)21-9-7-20(25)8-10-21)15-23(30)27-26-13-18-12-19(24)6-11-22(18)29/h2-13,29H,14-15H2,1H3,(H,27,30)/b26-13-. The number of halogens is 2. The molecule has 0 fully saturated rings. The maximum Gasteiger partial charge on any atom is 0.255 e. The molecule has 0 radical (unpaired) electrons. The highest BCUT2D eigenvalue weighted by molar-refractivity contribution is 9.10. The number of amides is 1. The first kappa shape index (κ1) is 24.9. The highest BCUT2D eigenvalue weighted by atomic mass is 79.9. The molecule has 172 valence electrons. The lowest BCUT2D eigenvalue weighted by Crippen LogP contribution is -2.39. The molecule has 0 saturated heterocycles. The first-order chi connectivity index (χ1) is 15.7. The van der Waals surface area contributed by atoms with E-state index in [1.807, 2.05) is 31.2 Å². The molecule has 0 aliphatic rings. The van der Waals surface area contributed by atoms with Gasteiger partial charge in [0, 0.05) is 21.6 Å². The van der Waals surface area contributed by atoms with Gasteiger partial charge in [0.25, 0.3) is 5.91 Å². The molecule has 0 unspecified atom stereocenters. The fraction of sp³-hybridized carbons (Fsp3) is 0.130. The Balaban J connectivity index is 1.82. The van der Waals surface area contributed by atoms with Crippen LogP contribution in [0.15, 0.2) is 81.2 Å². The van der Waals surface area contributed by atoms with Crippen LogP contribution in [0.3, 0.4) is 0 Å². The highest BCUT2D eigenvalue weighted by Gasteiger charge is 2.27. The Hall–Kier alpha value is -2.72. The highest BCUT2D eigenvalue weighted by Crippen LogP contribution is 2.22. The minimum absolute atomic E-state index is 0.00118. The predicted octanol–water partition coefficient (Wildman–Crippen LogP) is 4.46. The Bertz CT molecular complexity index is 1280. The van der Waals surface area contributed by atoms with Gasteiger partial charge in [-0.2, -0.15) is 9.41 Å². The van der Waals surface area contributed by atoms with Gasteiger partial charge >= 0.3 is 0 Å². The number of aryl methyl sites for hydroxylation is 1. The summed E-state index contributed by atoms with van der Waals surface area (Å²) < 4.78 is 28.4. The van der Waals surface area contributed by atoms with Gasteiger partial charge in [0.1, 0.15) is 5.75 Å². The van der Waals surface area contributed by atoms with Crippen LogP contribution in [0.25, 0.3) is 0 Å². The van der Waals surface area contributed by atoms with Gasteiger partial charge in [0.05, 0.1) is 17.7 Å². The number of sulfonamides is 1. The van der Waals surface area contributed by atoms with Crippen LogP contribution in [-0.2, 0) is 21.4 Å². The van der Waals surface area contributed by atoms with Crippen molar-refractivity contribution >= 4 is 49.7 Å². The molecule has 0 aromatic heterocycles. The van der Waals surface area contributed by atoms with E-state index in [0.29, 0.717) is 10.6 Å². The lowest BCUT2D eigenvalue weighted by molar-refractivity contribution is -0.121. The van der Waals surface area contributed by atoms with Crippen molar-refractivity contribution in [3.05, 3.63) is 92.9 Å². The Kier molecular flexibility index (Phi) is 8.25.